The van der Waals surface area contributed by atoms with Crippen LogP contribution in [0.4, 0.5) is 0 Å². The molecule has 0 amide bonds. The van der Waals surface area contributed by atoms with Crippen LogP contribution in [-0.2, 0) is 11.2 Å². The zero-order chi connectivity index (χ0) is 13.2. The van der Waals surface area contributed by atoms with Crippen molar-refractivity contribution in [2.45, 2.75) is 6.42 Å². The van der Waals surface area contributed by atoms with Gasteiger partial charge in [-0.2, -0.15) is 0 Å². The first-order valence-corrected chi connectivity index (χ1v) is 6.01. The summed E-state index contributed by atoms with van der Waals surface area (Å²) >= 11 is 0. The van der Waals surface area contributed by atoms with Crippen molar-refractivity contribution in [3.8, 4) is 5.75 Å². The summed E-state index contributed by atoms with van der Waals surface area (Å²) < 4.78 is 5.63. The Kier molecular flexibility index (Phi) is 2.80. The lowest BCUT2D eigenvalue weighted by Gasteiger charge is -2.05. The Balaban J connectivity index is 2.14. The highest BCUT2D eigenvalue weighted by molar-refractivity contribution is 5.71. The first-order valence-electron chi connectivity index (χ1n) is 6.01. The van der Waals surface area contributed by atoms with Gasteiger partial charge in [0.1, 0.15) is 5.75 Å². The fourth-order valence-corrected chi connectivity index (χ4v) is 2.15. The van der Waals surface area contributed by atoms with Gasteiger partial charge >= 0.3 is 5.97 Å². The van der Waals surface area contributed by atoms with E-state index < -0.39 is 5.97 Å². The Hall–Kier alpha value is -2.55. The summed E-state index contributed by atoms with van der Waals surface area (Å²) in [5.41, 5.74) is 1.67. The van der Waals surface area contributed by atoms with Crippen LogP contribution >= 0.6 is 0 Å². The molecule has 0 bridgehead atoms. The lowest BCUT2D eigenvalue weighted by Crippen LogP contribution is -2.23. The molecular formula is C16H12O3. The van der Waals surface area contributed by atoms with E-state index in [0.717, 1.165) is 27.3 Å². The van der Waals surface area contributed by atoms with E-state index >= 15 is 0 Å². The predicted molar refractivity (Wildman–Crippen MR) is 72.1 cm³/mol. The molecule has 2 aromatic rings. The Morgan fingerprint density at radius 1 is 1.11 bits per heavy atom. The fraction of sp³-hybridized carbons (Fsp3) is 0.0625. The molecule has 3 heteroatoms. The fourth-order valence-electron chi connectivity index (χ4n) is 2.15. The quantitative estimate of drug-likeness (QED) is 0.875. The lowest BCUT2D eigenvalue weighted by atomic mass is 10.1. The van der Waals surface area contributed by atoms with Gasteiger partial charge in [0.25, 0.3) is 0 Å². The molecule has 1 aliphatic heterocycles. The summed E-state index contributed by atoms with van der Waals surface area (Å²) in [7, 11) is 0. The standard InChI is InChI=1S/C16H12O3/c17-16(18)8-11-5-6-15-14(7-11)9-12-3-1-2-4-13(12)10-19-15/h1-7,9-10H,8H2,(H,17,18). The highest BCUT2D eigenvalue weighted by Crippen LogP contribution is 2.22. The number of hydrogen-bond donors (Lipinski definition) is 1. The lowest BCUT2D eigenvalue weighted by molar-refractivity contribution is -0.136. The van der Waals surface area contributed by atoms with Gasteiger partial charge in [-0.05, 0) is 29.0 Å². The monoisotopic (exact) mass is 252 g/mol. The van der Waals surface area contributed by atoms with Gasteiger partial charge in [-0.25, -0.2) is 0 Å². The SMILES string of the molecule is O=C(O)Cc1ccc2c(c1)C=c1ccccc1=CO2. The predicted octanol–water partition coefficient (Wildman–Crippen LogP) is 1.27. The van der Waals surface area contributed by atoms with Crippen molar-refractivity contribution in [1.82, 2.24) is 0 Å². The second-order valence-electron chi connectivity index (χ2n) is 4.45. The molecule has 3 rings (SSSR count). The number of hydrogen-bond acceptors (Lipinski definition) is 2. The summed E-state index contributed by atoms with van der Waals surface area (Å²) in [6.45, 7) is 0. The van der Waals surface area contributed by atoms with E-state index in [2.05, 4.69) is 0 Å². The maximum atomic E-state index is 10.8. The van der Waals surface area contributed by atoms with Crippen LogP contribution in [0.2, 0.25) is 0 Å². The number of carbonyl (C=O) groups is 1. The molecule has 0 saturated carbocycles. The Morgan fingerprint density at radius 3 is 2.68 bits per heavy atom. The minimum Gasteiger partial charge on any atom is -0.481 e. The Bertz CT molecular complexity index is 760. The summed E-state index contributed by atoms with van der Waals surface area (Å²) in [6.07, 6.45) is 3.75. The topological polar surface area (TPSA) is 46.5 Å². The summed E-state index contributed by atoms with van der Waals surface area (Å²) in [4.78, 5) is 10.8. The molecule has 0 atom stereocenters. The summed E-state index contributed by atoms with van der Waals surface area (Å²) in [5.74, 6) is -0.0909. The summed E-state index contributed by atoms with van der Waals surface area (Å²) in [5, 5.41) is 10.9. The second-order valence-corrected chi connectivity index (χ2v) is 4.45. The van der Waals surface area contributed by atoms with Crippen molar-refractivity contribution in [2.75, 3.05) is 0 Å². The molecule has 1 aliphatic rings. The number of carboxylic acids is 1. The van der Waals surface area contributed by atoms with Crippen molar-refractivity contribution in [3.63, 3.8) is 0 Å². The number of benzene rings is 2. The maximum absolute atomic E-state index is 10.8. The van der Waals surface area contributed by atoms with E-state index in [1.807, 2.05) is 42.5 Å². The second kappa shape index (κ2) is 4.61. The third kappa shape index (κ3) is 2.36. The number of carboxylic acid groups (broad SMARTS) is 1. The first kappa shape index (κ1) is 11.5. The normalized spacial score (nSPS) is 12.0. The van der Waals surface area contributed by atoms with Gasteiger partial charge in [-0.1, -0.05) is 30.3 Å². The average molecular weight is 252 g/mol. The number of fused-ring (bicyclic) bond motifs is 2. The van der Waals surface area contributed by atoms with Crippen molar-refractivity contribution in [2.24, 2.45) is 0 Å². The van der Waals surface area contributed by atoms with Gasteiger partial charge in [0.05, 0.1) is 12.7 Å². The molecule has 2 aromatic carbocycles. The van der Waals surface area contributed by atoms with Gasteiger partial charge in [0, 0.05) is 10.8 Å². The molecule has 0 aliphatic carbocycles. The molecule has 0 radical (unpaired) electrons. The average Bonchev–Trinajstić information content (AvgIpc) is 2.56. The maximum Gasteiger partial charge on any atom is 0.307 e. The number of rotatable bonds is 2. The Labute approximate surface area is 110 Å². The first-order chi connectivity index (χ1) is 9.22. The van der Waals surface area contributed by atoms with Crippen molar-refractivity contribution in [1.29, 1.82) is 0 Å². The smallest absolute Gasteiger partial charge is 0.307 e. The number of ether oxygens (including phenoxy) is 1. The van der Waals surface area contributed by atoms with Crippen LogP contribution in [0, 0.1) is 0 Å². The molecule has 94 valence electrons. The van der Waals surface area contributed by atoms with Crippen LogP contribution in [0.15, 0.2) is 42.5 Å². The van der Waals surface area contributed by atoms with Gasteiger partial charge in [0.15, 0.2) is 0 Å². The minimum absolute atomic E-state index is 0.0203. The van der Waals surface area contributed by atoms with Gasteiger partial charge < -0.3 is 9.84 Å². The zero-order valence-corrected chi connectivity index (χ0v) is 10.2. The molecule has 1 N–H and O–H groups in total. The van der Waals surface area contributed by atoms with E-state index in [1.54, 1.807) is 12.3 Å². The van der Waals surface area contributed by atoms with Crippen molar-refractivity contribution < 1.29 is 14.6 Å². The molecule has 1 heterocycles. The molecule has 0 aromatic heterocycles. The zero-order valence-electron chi connectivity index (χ0n) is 10.2. The molecule has 19 heavy (non-hydrogen) atoms. The Morgan fingerprint density at radius 2 is 1.89 bits per heavy atom. The number of aliphatic carboxylic acids is 1. The van der Waals surface area contributed by atoms with Gasteiger partial charge in [-0.3, -0.25) is 4.79 Å². The largest absolute Gasteiger partial charge is 0.481 e. The van der Waals surface area contributed by atoms with Crippen LogP contribution in [0.3, 0.4) is 0 Å². The van der Waals surface area contributed by atoms with E-state index in [1.165, 1.54) is 0 Å². The summed E-state index contributed by atoms with van der Waals surface area (Å²) in [6, 6.07) is 13.4. The van der Waals surface area contributed by atoms with E-state index in [-0.39, 0.29) is 6.42 Å². The minimum atomic E-state index is -0.832. The van der Waals surface area contributed by atoms with Crippen LogP contribution < -0.4 is 15.2 Å². The van der Waals surface area contributed by atoms with E-state index in [4.69, 9.17) is 9.84 Å². The highest BCUT2D eigenvalue weighted by atomic mass is 16.5. The highest BCUT2D eigenvalue weighted by Gasteiger charge is 2.07. The van der Waals surface area contributed by atoms with Gasteiger partial charge in [0.2, 0.25) is 0 Å². The molecule has 0 fully saturated rings. The molecule has 0 unspecified atom stereocenters. The molecule has 0 saturated heterocycles. The van der Waals surface area contributed by atoms with Crippen LogP contribution in [0.5, 0.6) is 5.75 Å². The van der Waals surface area contributed by atoms with E-state index in [9.17, 15) is 4.79 Å². The van der Waals surface area contributed by atoms with E-state index in [0.29, 0.717) is 0 Å². The van der Waals surface area contributed by atoms with Crippen LogP contribution in [0.25, 0.3) is 12.3 Å². The van der Waals surface area contributed by atoms with Gasteiger partial charge in [-0.15, -0.1) is 0 Å². The third-order valence-corrected chi connectivity index (χ3v) is 3.05. The van der Waals surface area contributed by atoms with Crippen LogP contribution in [0.1, 0.15) is 11.1 Å². The molecular weight excluding hydrogens is 240 g/mol. The third-order valence-electron chi connectivity index (χ3n) is 3.05. The van der Waals surface area contributed by atoms with Crippen molar-refractivity contribution in [3.05, 3.63) is 64.0 Å². The van der Waals surface area contributed by atoms with Crippen LogP contribution in [-0.4, -0.2) is 11.1 Å². The molecule has 0 spiro atoms. The molecule has 3 nitrogen and oxygen atoms in total. The van der Waals surface area contributed by atoms with Crippen molar-refractivity contribution >= 4 is 18.3 Å².